The van der Waals surface area contributed by atoms with Crippen LogP contribution >= 0.6 is 0 Å². The highest BCUT2D eigenvalue weighted by molar-refractivity contribution is 5.99. The third-order valence-electron chi connectivity index (χ3n) is 4.03. The lowest BCUT2D eigenvalue weighted by molar-refractivity contribution is 0.0951. The zero-order chi connectivity index (χ0) is 18.6. The van der Waals surface area contributed by atoms with Gasteiger partial charge < -0.3 is 20.1 Å². The zero-order valence-electron chi connectivity index (χ0n) is 14.2. The number of aromatic nitrogens is 1. The van der Waals surface area contributed by atoms with Gasteiger partial charge >= 0.3 is 0 Å². The Bertz CT molecular complexity index is 994. The van der Waals surface area contributed by atoms with Crippen LogP contribution in [0, 0.1) is 5.82 Å². The minimum Gasteiger partial charge on any atom is -0.454 e. The first-order valence-corrected chi connectivity index (χ1v) is 8.33. The van der Waals surface area contributed by atoms with Crippen LogP contribution in [0.1, 0.15) is 15.9 Å². The summed E-state index contributed by atoms with van der Waals surface area (Å²) in [6, 6.07) is 14.8. The van der Waals surface area contributed by atoms with Gasteiger partial charge in [0.05, 0.1) is 5.56 Å². The molecule has 1 aliphatic rings. The average molecular weight is 365 g/mol. The summed E-state index contributed by atoms with van der Waals surface area (Å²) in [7, 11) is 0. The quantitative estimate of drug-likeness (QED) is 0.722. The van der Waals surface area contributed by atoms with Gasteiger partial charge in [0.25, 0.3) is 5.91 Å². The van der Waals surface area contributed by atoms with Crippen molar-refractivity contribution in [3.8, 4) is 11.5 Å². The van der Waals surface area contributed by atoms with Crippen LogP contribution in [-0.2, 0) is 6.54 Å². The van der Waals surface area contributed by atoms with E-state index < -0.39 is 0 Å². The number of carbonyl (C=O) groups excluding carboxylic acids is 1. The van der Waals surface area contributed by atoms with Crippen molar-refractivity contribution in [1.29, 1.82) is 0 Å². The lowest BCUT2D eigenvalue weighted by atomic mass is 10.2. The fraction of sp³-hybridized carbons (Fsp3) is 0.100. The van der Waals surface area contributed by atoms with Gasteiger partial charge in [-0.25, -0.2) is 9.37 Å². The molecule has 0 saturated carbocycles. The number of amides is 1. The summed E-state index contributed by atoms with van der Waals surface area (Å²) in [4.78, 5) is 16.8. The Labute approximate surface area is 155 Å². The first kappa shape index (κ1) is 16.8. The number of pyridine rings is 1. The number of anilines is 2. The van der Waals surface area contributed by atoms with Gasteiger partial charge in [-0.1, -0.05) is 12.1 Å². The highest BCUT2D eigenvalue weighted by Gasteiger charge is 2.15. The van der Waals surface area contributed by atoms with E-state index in [0.29, 0.717) is 35.1 Å². The standard InChI is InChI=1S/C20H16FN3O3/c21-14-3-1-4-15(10-14)24-19-16(5-2-8-22-19)20(25)23-11-13-6-7-17-18(9-13)27-12-26-17/h1-10H,11-12H2,(H,22,24)(H,23,25). The molecule has 0 aliphatic carbocycles. The Morgan fingerprint density at radius 2 is 1.96 bits per heavy atom. The second-order valence-corrected chi connectivity index (χ2v) is 5.91. The lowest BCUT2D eigenvalue weighted by Gasteiger charge is -2.11. The minimum absolute atomic E-state index is 0.204. The molecule has 0 spiro atoms. The van der Waals surface area contributed by atoms with E-state index in [1.54, 1.807) is 30.5 Å². The first-order valence-electron chi connectivity index (χ1n) is 8.33. The van der Waals surface area contributed by atoms with Crippen LogP contribution in [0.25, 0.3) is 0 Å². The largest absolute Gasteiger partial charge is 0.454 e. The molecule has 4 rings (SSSR count). The average Bonchev–Trinajstić information content (AvgIpc) is 3.14. The van der Waals surface area contributed by atoms with E-state index >= 15 is 0 Å². The van der Waals surface area contributed by atoms with Gasteiger partial charge in [0.1, 0.15) is 11.6 Å². The van der Waals surface area contributed by atoms with Gasteiger partial charge in [-0.15, -0.1) is 0 Å². The Kier molecular flexibility index (Phi) is 4.57. The summed E-state index contributed by atoms with van der Waals surface area (Å²) in [6.45, 7) is 0.527. The van der Waals surface area contributed by atoms with Crippen molar-refractivity contribution in [3.63, 3.8) is 0 Å². The van der Waals surface area contributed by atoms with Crippen molar-refractivity contribution < 1.29 is 18.7 Å². The number of carbonyl (C=O) groups is 1. The summed E-state index contributed by atoms with van der Waals surface area (Å²) in [6.07, 6.45) is 1.57. The van der Waals surface area contributed by atoms with Crippen LogP contribution in [0.4, 0.5) is 15.9 Å². The van der Waals surface area contributed by atoms with E-state index in [2.05, 4.69) is 15.6 Å². The molecule has 2 aromatic carbocycles. The molecule has 2 N–H and O–H groups in total. The molecule has 3 aromatic rings. The predicted octanol–water partition coefficient (Wildman–Crippen LogP) is 3.62. The van der Waals surface area contributed by atoms with E-state index in [-0.39, 0.29) is 18.5 Å². The van der Waals surface area contributed by atoms with Crippen molar-refractivity contribution in [3.05, 3.63) is 77.7 Å². The Morgan fingerprint density at radius 1 is 1.07 bits per heavy atom. The van der Waals surface area contributed by atoms with E-state index in [0.717, 1.165) is 5.56 Å². The van der Waals surface area contributed by atoms with E-state index in [1.807, 2.05) is 18.2 Å². The normalized spacial score (nSPS) is 11.9. The third-order valence-corrected chi connectivity index (χ3v) is 4.03. The molecule has 1 aliphatic heterocycles. The highest BCUT2D eigenvalue weighted by atomic mass is 19.1. The molecule has 2 heterocycles. The number of ether oxygens (including phenoxy) is 2. The molecule has 0 unspecified atom stereocenters. The lowest BCUT2D eigenvalue weighted by Crippen LogP contribution is -2.24. The Hall–Kier alpha value is -3.61. The molecule has 7 heteroatoms. The smallest absolute Gasteiger partial charge is 0.255 e. The number of hydrogen-bond donors (Lipinski definition) is 2. The summed E-state index contributed by atoms with van der Waals surface area (Å²) in [5.74, 6) is 1.05. The van der Waals surface area contributed by atoms with Gasteiger partial charge in [-0.05, 0) is 48.0 Å². The van der Waals surface area contributed by atoms with Crippen LogP contribution in [0.5, 0.6) is 11.5 Å². The molecular weight excluding hydrogens is 349 g/mol. The molecule has 0 radical (unpaired) electrons. The number of hydrogen-bond acceptors (Lipinski definition) is 5. The summed E-state index contributed by atoms with van der Waals surface area (Å²) >= 11 is 0. The van der Waals surface area contributed by atoms with Gasteiger partial charge in [-0.3, -0.25) is 4.79 Å². The van der Waals surface area contributed by atoms with E-state index in [4.69, 9.17) is 9.47 Å². The fourth-order valence-electron chi connectivity index (χ4n) is 2.72. The summed E-state index contributed by atoms with van der Waals surface area (Å²) < 4.78 is 24.0. The van der Waals surface area contributed by atoms with Crippen molar-refractivity contribution >= 4 is 17.4 Å². The maximum absolute atomic E-state index is 13.4. The third kappa shape index (κ3) is 3.82. The van der Waals surface area contributed by atoms with Crippen LogP contribution in [0.15, 0.2) is 60.8 Å². The number of rotatable bonds is 5. The van der Waals surface area contributed by atoms with Crippen molar-refractivity contribution in [2.75, 3.05) is 12.1 Å². The van der Waals surface area contributed by atoms with E-state index in [1.165, 1.54) is 12.1 Å². The molecular formula is C20H16FN3O3. The van der Waals surface area contributed by atoms with E-state index in [9.17, 15) is 9.18 Å². The molecule has 1 amide bonds. The molecule has 6 nitrogen and oxygen atoms in total. The molecule has 136 valence electrons. The van der Waals surface area contributed by atoms with Crippen LogP contribution in [0.2, 0.25) is 0 Å². The first-order chi connectivity index (χ1) is 13.2. The molecule has 0 bridgehead atoms. The maximum Gasteiger partial charge on any atom is 0.255 e. The number of benzene rings is 2. The number of fused-ring (bicyclic) bond motifs is 1. The van der Waals surface area contributed by atoms with Crippen LogP contribution < -0.4 is 20.1 Å². The summed E-state index contributed by atoms with van der Waals surface area (Å²) in [5, 5.41) is 5.83. The summed E-state index contributed by atoms with van der Waals surface area (Å²) in [5.41, 5.74) is 1.76. The minimum atomic E-state index is -0.371. The molecule has 0 saturated heterocycles. The second-order valence-electron chi connectivity index (χ2n) is 5.91. The van der Waals surface area contributed by atoms with Crippen molar-refractivity contribution in [2.24, 2.45) is 0 Å². The van der Waals surface area contributed by atoms with Gasteiger partial charge in [0, 0.05) is 18.4 Å². The van der Waals surface area contributed by atoms with Crippen LogP contribution in [0.3, 0.4) is 0 Å². The molecule has 0 fully saturated rings. The van der Waals surface area contributed by atoms with Crippen molar-refractivity contribution in [1.82, 2.24) is 10.3 Å². The molecule has 27 heavy (non-hydrogen) atoms. The van der Waals surface area contributed by atoms with Crippen molar-refractivity contribution in [2.45, 2.75) is 6.54 Å². The van der Waals surface area contributed by atoms with Gasteiger partial charge in [0.15, 0.2) is 11.5 Å². The topological polar surface area (TPSA) is 72.5 Å². The van der Waals surface area contributed by atoms with Gasteiger partial charge in [-0.2, -0.15) is 0 Å². The monoisotopic (exact) mass is 365 g/mol. The second kappa shape index (κ2) is 7.33. The molecule has 1 aromatic heterocycles. The van der Waals surface area contributed by atoms with Crippen LogP contribution in [-0.4, -0.2) is 17.7 Å². The Balaban J connectivity index is 1.47. The number of nitrogens with zero attached hydrogens (tertiary/aromatic N) is 1. The molecule has 0 atom stereocenters. The van der Waals surface area contributed by atoms with Gasteiger partial charge in [0.2, 0.25) is 6.79 Å². The SMILES string of the molecule is O=C(NCc1ccc2c(c1)OCO2)c1cccnc1Nc1cccc(F)c1. The Morgan fingerprint density at radius 3 is 2.85 bits per heavy atom. The predicted molar refractivity (Wildman–Crippen MR) is 97.7 cm³/mol. The zero-order valence-corrected chi connectivity index (χ0v) is 14.2. The number of halogens is 1. The highest BCUT2D eigenvalue weighted by Crippen LogP contribution is 2.32. The maximum atomic E-state index is 13.4. The fourth-order valence-corrected chi connectivity index (χ4v) is 2.72. The number of nitrogens with one attached hydrogen (secondary N) is 2.